The molecule has 2 amide bonds. The van der Waals surface area contributed by atoms with Gasteiger partial charge in [0.05, 0.1) is 24.2 Å². The van der Waals surface area contributed by atoms with Crippen LogP contribution < -0.4 is 15.4 Å². The van der Waals surface area contributed by atoms with Gasteiger partial charge in [0.25, 0.3) is 5.91 Å². The second kappa shape index (κ2) is 10.5. The molecule has 0 saturated heterocycles. The number of aryl methyl sites for hydroxylation is 2. The number of anilines is 1. The molecule has 43 heavy (non-hydrogen) atoms. The lowest BCUT2D eigenvalue weighted by Crippen LogP contribution is -2.52. The average molecular weight is 594 g/mol. The van der Waals surface area contributed by atoms with Gasteiger partial charge < -0.3 is 15.4 Å². The van der Waals surface area contributed by atoms with Gasteiger partial charge in [0.2, 0.25) is 5.91 Å². The number of hydrogen-bond donors (Lipinski definition) is 3. The quantitative estimate of drug-likeness (QED) is 0.278. The number of halogens is 3. The lowest BCUT2D eigenvalue weighted by molar-refractivity contribution is -0.119. The van der Waals surface area contributed by atoms with Crippen LogP contribution in [0.3, 0.4) is 0 Å². The first kappa shape index (κ1) is 28.4. The maximum absolute atomic E-state index is 15.3. The molecule has 1 fully saturated rings. The monoisotopic (exact) mass is 593 g/mol. The first-order valence-corrected chi connectivity index (χ1v) is 13.9. The average Bonchev–Trinajstić information content (AvgIpc) is 3.37. The number of carbonyl (C=O) groups excluding carboxylic acids is 2. The highest BCUT2D eigenvalue weighted by molar-refractivity contribution is 6.01. The zero-order valence-corrected chi connectivity index (χ0v) is 24.0. The summed E-state index contributed by atoms with van der Waals surface area (Å²) in [5.41, 5.74) is 1.54. The number of fused-ring (bicyclic) bond motifs is 1. The molecule has 1 unspecified atom stereocenters. The Morgan fingerprint density at radius 3 is 2.56 bits per heavy atom. The molecule has 13 heteroatoms. The molecule has 0 radical (unpaired) electrons. The SMILES string of the molecule is Cc1n[nH]c(C)c1-c1ncc(NC(=O)[C@@H](NC(=O)c2ccnn2C(C)C)C2c3cc(F)cc(F)c3OCC23CC3)cc1F. The van der Waals surface area contributed by atoms with E-state index in [1.807, 2.05) is 13.8 Å². The molecular formula is C30H30F3N7O3. The van der Waals surface area contributed by atoms with Crippen molar-refractivity contribution in [2.75, 3.05) is 11.9 Å². The number of amides is 2. The topological polar surface area (TPSA) is 127 Å². The van der Waals surface area contributed by atoms with Crippen molar-refractivity contribution in [3.63, 3.8) is 0 Å². The van der Waals surface area contributed by atoms with E-state index < -0.39 is 46.6 Å². The molecular weight excluding hydrogens is 563 g/mol. The van der Waals surface area contributed by atoms with Crippen LogP contribution in [-0.2, 0) is 4.79 Å². The van der Waals surface area contributed by atoms with Crippen LogP contribution in [0.25, 0.3) is 11.3 Å². The van der Waals surface area contributed by atoms with Crippen LogP contribution in [0.15, 0.2) is 36.7 Å². The van der Waals surface area contributed by atoms with E-state index in [1.165, 1.54) is 23.1 Å². The molecule has 3 aromatic heterocycles. The maximum atomic E-state index is 15.3. The predicted molar refractivity (Wildman–Crippen MR) is 150 cm³/mol. The van der Waals surface area contributed by atoms with Gasteiger partial charge in [-0.15, -0.1) is 0 Å². The van der Waals surface area contributed by atoms with E-state index in [0.29, 0.717) is 29.8 Å². The van der Waals surface area contributed by atoms with Crippen LogP contribution in [0, 0.1) is 36.7 Å². The zero-order chi connectivity index (χ0) is 30.6. The van der Waals surface area contributed by atoms with E-state index in [1.54, 1.807) is 13.8 Å². The van der Waals surface area contributed by atoms with Gasteiger partial charge in [0.15, 0.2) is 17.4 Å². The van der Waals surface area contributed by atoms with E-state index in [0.717, 1.165) is 18.2 Å². The highest BCUT2D eigenvalue weighted by atomic mass is 19.1. The first-order valence-electron chi connectivity index (χ1n) is 13.9. The Morgan fingerprint density at radius 1 is 1.14 bits per heavy atom. The van der Waals surface area contributed by atoms with Crippen molar-refractivity contribution in [1.29, 1.82) is 0 Å². The third kappa shape index (κ3) is 5.02. The molecule has 4 aromatic rings. The summed E-state index contributed by atoms with van der Waals surface area (Å²) in [6.45, 7) is 7.26. The van der Waals surface area contributed by atoms with Crippen molar-refractivity contribution >= 4 is 17.5 Å². The highest BCUT2D eigenvalue weighted by Gasteiger charge is 2.58. The van der Waals surface area contributed by atoms with Crippen molar-refractivity contribution < 1.29 is 27.5 Å². The Hall–Kier alpha value is -4.68. The fraction of sp³-hybridized carbons (Fsp3) is 0.367. The van der Waals surface area contributed by atoms with Crippen LogP contribution in [0.5, 0.6) is 5.75 Å². The molecule has 224 valence electrons. The minimum Gasteiger partial charge on any atom is -0.490 e. The van der Waals surface area contributed by atoms with Crippen LogP contribution in [-0.4, -0.2) is 49.4 Å². The lowest BCUT2D eigenvalue weighted by atomic mass is 9.75. The van der Waals surface area contributed by atoms with Gasteiger partial charge in [-0.3, -0.25) is 24.4 Å². The largest absolute Gasteiger partial charge is 0.490 e. The Bertz CT molecular complexity index is 1730. The first-order chi connectivity index (χ1) is 20.5. The molecule has 4 heterocycles. The molecule has 1 saturated carbocycles. The Morgan fingerprint density at radius 2 is 1.91 bits per heavy atom. The van der Waals surface area contributed by atoms with Gasteiger partial charge in [-0.1, -0.05) is 0 Å². The Balaban J connectivity index is 1.38. The van der Waals surface area contributed by atoms with Crippen LogP contribution in [0.1, 0.15) is 66.1 Å². The second-order valence-electron chi connectivity index (χ2n) is 11.5. The normalized spacial score (nSPS) is 17.3. The van der Waals surface area contributed by atoms with Gasteiger partial charge in [0.1, 0.15) is 23.2 Å². The summed E-state index contributed by atoms with van der Waals surface area (Å²) in [6, 6.07) is 3.04. The Kier molecular flexibility index (Phi) is 6.98. The number of carbonyl (C=O) groups is 2. The second-order valence-corrected chi connectivity index (χ2v) is 11.5. The number of benzene rings is 1. The summed E-state index contributed by atoms with van der Waals surface area (Å²) < 4.78 is 51.9. The van der Waals surface area contributed by atoms with Crippen molar-refractivity contribution in [2.24, 2.45) is 5.41 Å². The molecule has 2 atom stereocenters. The third-order valence-corrected chi connectivity index (χ3v) is 8.20. The predicted octanol–water partition coefficient (Wildman–Crippen LogP) is 4.98. The number of aromatic nitrogens is 5. The van der Waals surface area contributed by atoms with E-state index in [9.17, 15) is 18.4 Å². The Labute approximate surface area is 245 Å². The molecule has 2 aliphatic rings. The van der Waals surface area contributed by atoms with Gasteiger partial charge in [-0.25, -0.2) is 13.2 Å². The summed E-state index contributed by atoms with van der Waals surface area (Å²) in [7, 11) is 0. The minimum atomic E-state index is -1.31. The van der Waals surface area contributed by atoms with Gasteiger partial charge in [-0.2, -0.15) is 10.2 Å². The molecule has 1 aliphatic heterocycles. The minimum absolute atomic E-state index is 0.0408. The number of H-pyrrole nitrogens is 1. The van der Waals surface area contributed by atoms with E-state index in [4.69, 9.17) is 4.74 Å². The molecule has 3 N–H and O–H groups in total. The van der Waals surface area contributed by atoms with Crippen molar-refractivity contribution in [3.05, 3.63) is 76.8 Å². The summed E-state index contributed by atoms with van der Waals surface area (Å²) in [4.78, 5) is 31.9. The number of nitrogens with one attached hydrogen (secondary N) is 3. The lowest BCUT2D eigenvalue weighted by Gasteiger charge is -2.38. The van der Waals surface area contributed by atoms with Gasteiger partial charge >= 0.3 is 0 Å². The fourth-order valence-electron chi connectivity index (χ4n) is 5.98. The third-order valence-electron chi connectivity index (χ3n) is 8.20. The zero-order valence-electron chi connectivity index (χ0n) is 24.0. The summed E-state index contributed by atoms with van der Waals surface area (Å²) >= 11 is 0. The van der Waals surface area contributed by atoms with Crippen molar-refractivity contribution in [2.45, 2.75) is 58.5 Å². The standard InChI is InChI=1S/C30H30F3N7O3/c1-14(2)40-22(5-8-35-40)28(41)37-26(24-19-9-17(31)10-21(33)27(19)43-13-30(24)6-7-30)29(42)36-18-11-20(32)25(34-12-18)23-15(3)38-39-16(23)4/h5,8-12,14,24,26H,6-7,13H2,1-4H3,(H,36,42)(H,37,41)(H,38,39)/t24?,26-/m0/s1. The number of pyridine rings is 1. The molecule has 1 aliphatic carbocycles. The number of aromatic amines is 1. The van der Waals surface area contributed by atoms with E-state index in [-0.39, 0.29) is 41.0 Å². The van der Waals surface area contributed by atoms with Crippen molar-refractivity contribution in [3.8, 4) is 17.0 Å². The molecule has 10 nitrogen and oxygen atoms in total. The summed E-state index contributed by atoms with van der Waals surface area (Å²) in [6.07, 6.45) is 4.01. The van der Waals surface area contributed by atoms with Crippen LogP contribution in [0.4, 0.5) is 18.9 Å². The van der Waals surface area contributed by atoms with E-state index >= 15 is 4.39 Å². The van der Waals surface area contributed by atoms with Crippen LogP contribution >= 0.6 is 0 Å². The van der Waals surface area contributed by atoms with Gasteiger partial charge in [0, 0.05) is 52.5 Å². The molecule has 0 bridgehead atoms. The fourth-order valence-corrected chi connectivity index (χ4v) is 5.98. The molecule has 1 aromatic carbocycles. The van der Waals surface area contributed by atoms with Crippen molar-refractivity contribution in [1.82, 2.24) is 30.3 Å². The number of ether oxygens (including phenoxy) is 1. The maximum Gasteiger partial charge on any atom is 0.270 e. The summed E-state index contributed by atoms with van der Waals surface area (Å²) in [5.74, 6) is -4.73. The van der Waals surface area contributed by atoms with Gasteiger partial charge in [-0.05, 0) is 52.7 Å². The highest BCUT2D eigenvalue weighted by Crippen LogP contribution is 2.61. The number of hydrogen-bond acceptors (Lipinski definition) is 6. The molecule has 6 rings (SSSR count). The van der Waals surface area contributed by atoms with Crippen LogP contribution in [0.2, 0.25) is 0 Å². The number of nitrogens with zero attached hydrogens (tertiary/aromatic N) is 4. The van der Waals surface area contributed by atoms with E-state index in [2.05, 4.69) is 30.9 Å². The molecule has 1 spiro atoms. The number of rotatable bonds is 7. The smallest absolute Gasteiger partial charge is 0.270 e. The summed E-state index contributed by atoms with van der Waals surface area (Å²) in [5, 5.41) is 16.5.